The molecular formula is C9H14O4. The molecule has 0 radical (unpaired) electrons. The van der Waals surface area contributed by atoms with E-state index < -0.39 is 18.2 Å². The molecule has 0 amide bonds. The second-order valence-electron chi connectivity index (χ2n) is 3.41. The number of hydrogen-bond acceptors (Lipinski definition) is 3. The third-order valence-electron chi connectivity index (χ3n) is 2.33. The number of aliphatic hydroxyl groups excluding tert-OH is 2. The molecule has 1 aliphatic rings. The topological polar surface area (TPSA) is 77.8 Å². The number of carboxylic acid groups (broad SMARTS) is 1. The van der Waals surface area contributed by atoms with Crippen molar-refractivity contribution < 1.29 is 20.1 Å². The van der Waals surface area contributed by atoms with Gasteiger partial charge in [0.15, 0.2) is 0 Å². The minimum absolute atomic E-state index is 0.0782. The summed E-state index contributed by atoms with van der Waals surface area (Å²) >= 11 is 0. The van der Waals surface area contributed by atoms with Crippen molar-refractivity contribution in [3.05, 3.63) is 12.2 Å². The lowest BCUT2D eigenvalue weighted by atomic mass is 9.85. The van der Waals surface area contributed by atoms with Crippen LogP contribution in [0, 0.1) is 5.92 Å². The molecule has 0 bridgehead atoms. The maximum absolute atomic E-state index is 10.2. The first-order valence-corrected chi connectivity index (χ1v) is 4.37. The standard InChI is InChI=1S/C9H14O4/c10-7-3-1-6(5-8(7)11)2-4-9(12)13/h2,4,6-8,10-11H,1,3,5H2,(H,12,13)/b4-2+. The van der Waals surface area contributed by atoms with Gasteiger partial charge < -0.3 is 15.3 Å². The van der Waals surface area contributed by atoms with Crippen LogP contribution in [0.25, 0.3) is 0 Å². The predicted molar refractivity (Wildman–Crippen MR) is 46.1 cm³/mol. The first-order chi connectivity index (χ1) is 6.09. The minimum atomic E-state index is -0.972. The summed E-state index contributed by atoms with van der Waals surface area (Å²) < 4.78 is 0. The third-order valence-corrected chi connectivity index (χ3v) is 2.33. The number of carboxylic acids is 1. The second kappa shape index (κ2) is 4.39. The maximum Gasteiger partial charge on any atom is 0.327 e. The molecule has 1 fully saturated rings. The number of hydrogen-bond donors (Lipinski definition) is 3. The van der Waals surface area contributed by atoms with E-state index in [4.69, 9.17) is 5.11 Å². The van der Waals surface area contributed by atoms with Crippen LogP contribution in [0.2, 0.25) is 0 Å². The van der Waals surface area contributed by atoms with Crippen LogP contribution in [0.1, 0.15) is 19.3 Å². The van der Waals surface area contributed by atoms with E-state index in [0.717, 1.165) is 12.5 Å². The van der Waals surface area contributed by atoms with Gasteiger partial charge in [-0.3, -0.25) is 0 Å². The van der Waals surface area contributed by atoms with Crippen LogP contribution in [-0.2, 0) is 4.79 Å². The molecule has 3 unspecified atom stereocenters. The molecule has 0 heterocycles. The molecule has 0 aromatic carbocycles. The minimum Gasteiger partial charge on any atom is -0.478 e. The monoisotopic (exact) mass is 186 g/mol. The highest BCUT2D eigenvalue weighted by atomic mass is 16.4. The number of allylic oxidation sites excluding steroid dienone is 1. The fourth-order valence-electron chi connectivity index (χ4n) is 1.56. The molecule has 3 N–H and O–H groups in total. The third kappa shape index (κ3) is 3.16. The van der Waals surface area contributed by atoms with Crippen molar-refractivity contribution >= 4 is 5.97 Å². The Morgan fingerprint density at radius 1 is 1.23 bits per heavy atom. The lowest BCUT2D eigenvalue weighted by molar-refractivity contribution is -0.131. The van der Waals surface area contributed by atoms with Crippen molar-refractivity contribution in [1.29, 1.82) is 0 Å². The number of aliphatic carboxylic acids is 1. The zero-order chi connectivity index (χ0) is 9.84. The van der Waals surface area contributed by atoms with Gasteiger partial charge in [0.1, 0.15) is 0 Å². The van der Waals surface area contributed by atoms with E-state index in [2.05, 4.69) is 0 Å². The quantitative estimate of drug-likeness (QED) is 0.536. The summed E-state index contributed by atoms with van der Waals surface area (Å²) in [5, 5.41) is 26.8. The molecule has 0 saturated heterocycles. The van der Waals surface area contributed by atoms with Gasteiger partial charge in [-0.2, -0.15) is 0 Å². The van der Waals surface area contributed by atoms with Crippen molar-refractivity contribution in [3.63, 3.8) is 0 Å². The van der Waals surface area contributed by atoms with Crippen LogP contribution in [0.4, 0.5) is 0 Å². The normalized spacial score (nSPS) is 35.1. The van der Waals surface area contributed by atoms with Crippen LogP contribution >= 0.6 is 0 Å². The molecular weight excluding hydrogens is 172 g/mol. The summed E-state index contributed by atoms with van der Waals surface area (Å²) in [6, 6.07) is 0. The van der Waals surface area contributed by atoms with Gasteiger partial charge in [-0.1, -0.05) is 6.08 Å². The Bertz CT molecular complexity index is 212. The van der Waals surface area contributed by atoms with Gasteiger partial charge in [0.25, 0.3) is 0 Å². The van der Waals surface area contributed by atoms with Crippen LogP contribution < -0.4 is 0 Å². The summed E-state index contributed by atoms with van der Waals surface area (Å²) in [6.07, 6.45) is 3.04. The first-order valence-electron chi connectivity index (χ1n) is 4.37. The maximum atomic E-state index is 10.2. The zero-order valence-corrected chi connectivity index (χ0v) is 7.26. The van der Waals surface area contributed by atoms with Crippen LogP contribution in [0.3, 0.4) is 0 Å². The molecule has 0 aromatic rings. The molecule has 13 heavy (non-hydrogen) atoms. The highest BCUT2D eigenvalue weighted by Gasteiger charge is 2.25. The van der Waals surface area contributed by atoms with Crippen LogP contribution in [0.5, 0.6) is 0 Å². The van der Waals surface area contributed by atoms with Crippen molar-refractivity contribution in [3.8, 4) is 0 Å². The van der Waals surface area contributed by atoms with Gasteiger partial charge in [0.05, 0.1) is 12.2 Å². The molecule has 4 heteroatoms. The van der Waals surface area contributed by atoms with Gasteiger partial charge in [0.2, 0.25) is 0 Å². The van der Waals surface area contributed by atoms with E-state index in [1.54, 1.807) is 6.08 Å². The van der Waals surface area contributed by atoms with Gasteiger partial charge in [-0.15, -0.1) is 0 Å². The van der Waals surface area contributed by atoms with Crippen molar-refractivity contribution in [2.45, 2.75) is 31.5 Å². The summed E-state index contributed by atoms with van der Waals surface area (Å²) in [7, 11) is 0. The number of carbonyl (C=O) groups is 1. The number of aliphatic hydroxyl groups is 2. The summed E-state index contributed by atoms with van der Waals surface area (Å²) in [5.41, 5.74) is 0. The lowest BCUT2D eigenvalue weighted by Crippen LogP contribution is -2.32. The molecule has 1 rings (SSSR count). The second-order valence-corrected chi connectivity index (χ2v) is 3.41. The van der Waals surface area contributed by atoms with E-state index in [-0.39, 0.29) is 5.92 Å². The smallest absolute Gasteiger partial charge is 0.327 e. The molecule has 0 aliphatic heterocycles. The average Bonchev–Trinajstić information content (AvgIpc) is 2.07. The van der Waals surface area contributed by atoms with E-state index in [1.807, 2.05) is 0 Å². The molecule has 1 saturated carbocycles. The van der Waals surface area contributed by atoms with Crippen molar-refractivity contribution in [2.75, 3.05) is 0 Å². The number of rotatable bonds is 2. The predicted octanol–water partition coefficient (Wildman–Crippen LogP) is 0.149. The van der Waals surface area contributed by atoms with Gasteiger partial charge in [-0.25, -0.2) is 4.79 Å². The Kier molecular flexibility index (Phi) is 3.45. The summed E-state index contributed by atoms with van der Waals surface area (Å²) in [5.74, 6) is -0.893. The van der Waals surface area contributed by atoms with Gasteiger partial charge in [-0.05, 0) is 25.2 Å². The van der Waals surface area contributed by atoms with E-state index in [9.17, 15) is 15.0 Å². The van der Waals surface area contributed by atoms with Gasteiger partial charge >= 0.3 is 5.97 Å². The highest BCUT2D eigenvalue weighted by molar-refractivity contribution is 5.79. The van der Waals surface area contributed by atoms with Crippen molar-refractivity contribution in [1.82, 2.24) is 0 Å². The molecule has 74 valence electrons. The summed E-state index contributed by atoms with van der Waals surface area (Å²) in [6.45, 7) is 0. The SMILES string of the molecule is O=C(O)/C=C/C1CCC(O)C(O)C1. The van der Waals surface area contributed by atoms with E-state index in [0.29, 0.717) is 12.8 Å². The molecule has 1 aliphatic carbocycles. The van der Waals surface area contributed by atoms with Crippen molar-refractivity contribution in [2.24, 2.45) is 5.92 Å². The fraction of sp³-hybridized carbons (Fsp3) is 0.667. The Morgan fingerprint density at radius 3 is 2.46 bits per heavy atom. The molecule has 4 nitrogen and oxygen atoms in total. The largest absolute Gasteiger partial charge is 0.478 e. The lowest BCUT2D eigenvalue weighted by Gasteiger charge is -2.27. The first kappa shape index (κ1) is 10.2. The fourth-order valence-corrected chi connectivity index (χ4v) is 1.56. The highest BCUT2D eigenvalue weighted by Crippen LogP contribution is 2.25. The molecule has 0 spiro atoms. The van der Waals surface area contributed by atoms with E-state index >= 15 is 0 Å². The van der Waals surface area contributed by atoms with Crippen LogP contribution in [0.15, 0.2) is 12.2 Å². The summed E-state index contributed by atoms with van der Waals surface area (Å²) in [4.78, 5) is 10.2. The van der Waals surface area contributed by atoms with Crippen LogP contribution in [-0.4, -0.2) is 33.5 Å². The Morgan fingerprint density at radius 2 is 1.92 bits per heavy atom. The molecule has 0 aromatic heterocycles. The zero-order valence-electron chi connectivity index (χ0n) is 7.26. The Balaban J connectivity index is 2.42. The Labute approximate surface area is 76.5 Å². The Hall–Kier alpha value is -0.870. The van der Waals surface area contributed by atoms with Gasteiger partial charge in [0, 0.05) is 6.08 Å². The average molecular weight is 186 g/mol. The molecule has 3 atom stereocenters. The van der Waals surface area contributed by atoms with E-state index in [1.165, 1.54) is 0 Å².